The lowest BCUT2D eigenvalue weighted by Crippen LogP contribution is -1.94. The number of ether oxygens (including phenoxy) is 1. The van der Waals surface area contributed by atoms with Crippen molar-refractivity contribution in [1.82, 2.24) is 0 Å². The van der Waals surface area contributed by atoms with Crippen LogP contribution < -0.4 is 10.5 Å². The second-order valence-corrected chi connectivity index (χ2v) is 4.11. The number of hydrogen-bond acceptors (Lipinski definition) is 2. The van der Waals surface area contributed by atoms with Gasteiger partial charge in [-0.3, -0.25) is 0 Å². The van der Waals surface area contributed by atoms with E-state index in [1.54, 1.807) is 0 Å². The lowest BCUT2D eigenvalue weighted by Gasteiger charge is -2.10. The third kappa shape index (κ3) is 2.24. The van der Waals surface area contributed by atoms with Crippen LogP contribution in [0, 0.1) is 11.6 Å². The van der Waals surface area contributed by atoms with Crippen LogP contribution in [0.25, 0.3) is 11.1 Å². The molecule has 2 N–H and O–H groups in total. The highest BCUT2D eigenvalue weighted by Crippen LogP contribution is 2.35. The molecule has 2 aromatic carbocycles. The quantitative estimate of drug-likeness (QED) is 0.840. The molecule has 0 bridgehead atoms. The fraction of sp³-hybridized carbons (Fsp3) is 0.0769. The van der Waals surface area contributed by atoms with Crippen molar-refractivity contribution in [1.29, 1.82) is 0 Å². The number of nitrogens with two attached hydrogens (primary N) is 1. The molecule has 94 valence electrons. The van der Waals surface area contributed by atoms with Crippen molar-refractivity contribution in [2.75, 3.05) is 12.8 Å². The molecule has 2 rings (SSSR count). The fourth-order valence-electron chi connectivity index (χ4n) is 1.66. The molecule has 0 aliphatic rings. The summed E-state index contributed by atoms with van der Waals surface area (Å²) in [5.74, 6) is -1.36. The van der Waals surface area contributed by atoms with Gasteiger partial charge in [0, 0.05) is 23.4 Å². The molecule has 2 nitrogen and oxygen atoms in total. The van der Waals surface area contributed by atoms with E-state index in [0.29, 0.717) is 5.69 Å². The van der Waals surface area contributed by atoms with E-state index in [1.165, 1.54) is 25.3 Å². The number of benzene rings is 2. The van der Waals surface area contributed by atoms with Crippen LogP contribution in [0.15, 0.2) is 30.3 Å². The zero-order chi connectivity index (χ0) is 13.3. The van der Waals surface area contributed by atoms with Gasteiger partial charge in [0.05, 0.1) is 17.7 Å². The van der Waals surface area contributed by atoms with E-state index in [0.717, 1.165) is 12.1 Å². The lowest BCUT2D eigenvalue weighted by atomic mass is 10.0. The molecule has 2 aromatic rings. The molecule has 0 unspecified atom stereocenters. The van der Waals surface area contributed by atoms with Crippen LogP contribution in [0.4, 0.5) is 14.5 Å². The van der Waals surface area contributed by atoms with Crippen LogP contribution in [-0.2, 0) is 0 Å². The summed E-state index contributed by atoms with van der Waals surface area (Å²) in [5.41, 5.74) is 6.02. The Balaban J connectivity index is 2.64. The minimum atomic E-state index is -0.737. The molecular formula is C13H10ClF2NO. The van der Waals surface area contributed by atoms with Gasteiger partial charge in [0.15, 0.2) is 0 Å². The summed E-state index contributed by atoms with van der Waals surface area (Å²) in [4.78, 5) is 0. The van der Waals surface area contributed by atoms with Gasteiger partial charge in [0.1, 0.15) is 17.4 Å². The van der Waals surface area contributed by atoms with Crippen LogP contribution in [0.2, 0.25) is 5.02 Å². The summed E-state index contributed by atoms with van der Waals surface area (Å²) in [5, 5.41) is 0.193. The average Bonchev–Trinajstić information content (AvgIpc) is 2.30. The van der Waals surface area contributed by atoms with Crippen molar-refractivity contribution in [3.05, 3.63) is 47.0 Å². The first kappa shape index (κ1) is 12.6. The van der Waals surface area contributed by atoms with E-state index in [1.807, 2.05) is 0 Å². The van der Waals surface area contributed by atoms with Gasteiger partial charge in [0.25, 0.3) is 0 Å². The monoisotopic (exact) mass is 269 g/mol. The SMILES string of the molecule is COc1cc(F)c(-c2ccc(N)cc2Cl)c(F)c1. The lowest BCUT2D eigenvalue weighted by molar-refractivity contribution is 0.407. The summed E-state index contributed by atoms with van der Waals surface area (Å²) in [6.45, 7) is 0. The zero-order valence-electron chi connectivity index (χ0n) is 9.51. The summed E-state index contributed by atoms with van der Waals surface area (Å²) < 4.78 is 32.5. The Morgan fingerprint density at radius 1 is 1.11 bits per heavy atom. The van der Waals surface area contributed by atoms with Crippen LogP contribution in [0.5, 0.6) is 5.75 Å². The predicted octanol–water partition coefficient (Wildman–Crippen LogP) is 3.88. The third-order valence-corrected chi connectivity index (χ3v) is 2.83. The number of rotatable bonds is 2. The number of halogens is 3. The Labute approximate surface area is 108 Å². The minimum Gasteiger partial charge on any atom is -0.497 e. The standard InChI is InChI=1S/C13H10ClF2NO/c1-18-8-5-11(15)13(12(16)6-8)9-3-2-7(17)4-10(9)14/h2-6H,17H2,1H3. The van der Waals surface area contributed by atoms with Crippen molar-refractivity contribution >= 4 is 17.3 Å². The van der Waals surface area contributed by atoms with Crippen molar-refractivity contribution in [3.63, 3.8) is 0 Å². The molecule has 0 aliphatic carbocycles. The van der Waals surface area contributed by atoms with Crippen molar-refractivity contribution < 1.29 is 13.5 Å². The molecule has 0 heterocycles. The zero-order valence-corrected chi connectivity index (χ0v) is 10.3. The van der Waals surface area contributed by atoms with Gasteiger partial charge in [-0.15, -0.1) is 0 Å². The third-order valence-electron chi connectivity index (χ3n) is 2.51. The topological polar surface area (TPSA) is 35.2 Å². The summed E-state index contributed by atoms with van der Waals surface area (Å²) in [6, 6.07) is 6.66. The maximum absolute atomic E-state index is 13.9. The van der Waals surface area contributed by atoms with Gasteiger partial charge in [0.2, 0.25) is 0 Å². The Bertz CT molecular complexity index is 579. The molecule has 0 saturated carbocycles. The van der Waals surface area contributed by atoms with Gasteiger partial charge in [-0.1, -0.05) is 17.7 Å². The molecule has 0 aliphatic heterocycles. The van der Waals surface area contributed by atoms with Gasteiger partial charge >= 0.3 is 0 Å². The minimum absolute atomic E-state index is 0.111. The fourth-order valence-corrected chi connectivity index (χ4v) is 1.94. The van der Waals surface area contributed by atoms with Gasteiger partial charge < -0.3 is 10.5 Å². The first-order valence-corrected chi connectivity index (χ1v) is 5.49. The highest BCUT2D eigenvalue weighted by molar-refractivity contribution is 6.33. The average molecular weight is 270 g/mol. The Morgan fingerprint density at radius 2 is 1.72 bits per heavy atom. The predicted molar refractivity (Wildman–Crippen MR) is 67.8 cm³/mol. The van der Waals surface area contributed by atoms with Crippen LogP contribution >= 0.6 is 11.6 Å². The first-order valence-electron chi connectivity index (χ1n) is 5.11. The van der Waals surface area contributed by atoms with E-state index in [9.17, 15) is 8.78 Å². The van der Waals surface area contributed by atoms with E-state index < -0.39 is 11.6 Å². The van der Waals surface area contributed by atoms with Crippen molar-refractivity contribution in [2.45, 2.75) is 0 Å². The molecule has 0 radical (unpaired) electrons. The first-order chi connectivity index (χ1) is 8.52. The van der Waals surface area contributed by atoms with Crippen LogP contribution in [-0.4, -0.2) is 7.11 Å². The molecule has 0 fully saturated rings. The van der Waals surface area contributed by atoms with Gasteiger partial charge in [-0.05, 0) is 12.1 Å². The Kier molecular flexibility index (Phi) is 3.39. The second kappa shape index (κ2) is 4.82. The molecule has 0 amide bonds. The highest BCUT2D eigenvalue weighted by Gasteiger charge is 2.16. The number of nitrogen functional groups attached to an aromatic ring is 1. The van der Waals surface area contributed by atoms with Gasteiger partial charge in [-0.25, -0.2) is 8.78 Å². The number of methoxy groups -OCH3 is 1. The smallest absolute Gasteiger partial charge is 0.137 e. The molecule has 5 heteroatoms. The molecule has 0 atom stereocenters. The van der Waals surface area contributed by atoms with Gasteiger partial charge in [-0.2, -0.15) is 0 Å². The Morgan fingerprint density at radius 3 is 2.22 bits per heavy atom. The Hall–Kier alpha value is -1.81. The molecule has 0 saturated heterocycles. The summed E-state index contributed by atoms with van der Waals surface area (Å²) >= 11 is 5.94. The maximum atomic E-state index is 13.9. The summed E-state index contributed by atoms with van der Waals surface area (Å²) in [6.07, 6.45) is 0. The van der Waals surface area contributed by atoms with E-state index in [4.69, 9.17) is 22.1 Å². The highest BCUT2D eigenvalue weighted by atomic mass is 35.5. The number of anilines is 1. The van der Waals surface area contributed by atoms with E-state index >= 15 is 0 Å². The normalized spacial score (nSPS) is 10.4. The largest absolute Gasteiger partial charge is 0.497 e. The number of hydrogen-bond donors (Lipinski definition) is 1. The van der Waals surface area contributed by atoms with Crippen LogP contribution in [0.1, 0.15) is 0 Å². The molecular weight excluding hydrogens is 260 g/mol. The van der Waals surface area contributed by atoms with Crippen molar-refractivity contribution in [2.24, 2.45) is 0 Å². The second-order valence-electron chi connectivity index (χ2n) is 3.71. The molecule has 0 spiro atoms. The maximum Gasteiger partial charge on any atom is 0.137 e. The molecule has 18 heavy (non-hydrogen) atoms. The van der Waals surface area contributed by atoms with E-state index in [-0.39, 0.29) is 21.9 Å². The molecule has 0 aromatic heterocycles. The van der Waals surface area contributed by atoms with Crippen LogP contribution in [0.3, 0.4) is 0 Å². The van der Waals surface area contributed by atoms with E-state index in [2.05, 4.69) is 0 Å². The summed E-state index contributed by atoms with van der Waals surface area (Å²) in [7, 11) is 1.34. The van der Waals surface area contributed by atoms with Crippen molar-refractivity contribution in [3.8, 4) is 16.9 Å².